The maximum atomic E-state index is 12.4. The van der Waals surface area contributed by atoms with Crippen LogP contribution in [0.25, 0.3) is 0 Å². The van der Waals surface area contributed by atoms with E-state index in [0.29, 0.717) is 11.4 Å². The van der Waals surface area contributed by atoms with Gasteiger partial charge in [-0.2, -0.15) is 0 Å². The molecule has 1 aliphatic carbocycles. The Morgan fingerprint density at radius 3 is 2.86 bits per heavy atom. The van der Waals surface area contributed by atoms with Crippen molar-refractivity contribution < 1.29 is 4.79 Å². The largest absolute Gasteiger partial charge is 0.322 e. The Kier molecular flexibility index (Phi) is 3.83. The molecular formula is C16H18N4O. The molecule has 2 aromatic rings. The van der Waals surface area contributed by atoms with Gasteiger partial charge in [-0.15, -0.1) is 0 Å². The van der Waals surface area contributed by atoms with Gasteiger partial charge in [-0.25, -0.2) is 10.8 Å². The van der Waals surface area contributed by atoms with Crippen molar-refractivity contribution in [2.24, 2.45) is 5.84 Å². The number of hydrogen-bond acceptors (Lipinski definition) is 4. The molecule has 21 heavy (non-hydrogen) atoms. The lowest BCUT2D eigenvalue weighted by Gasteiger charge is -2.19. The van der Waals surface area contributed by atoms with Crippen LogP contribution in [0.1, 0.15) is 34.3 Å². The number of hydrazine groups is 1. The summed E-state index contributed by atoms with van der Waals surface area (Å²) in [5, 5.41) is 2.99. The summed E-state index contributed by atoms with van der Waals surface area (Å²) < 4.78 is 0. The number of nitrogen functional groups attached to an aromatic ring is 1. The average Bonchev–Trinajstić information content (AvgIpc) is 2.55. The first-order valence-electron chi connectivity index (χ1n) is 7.13. The van der Waals surface area contributed by atoms with Crippen molar-refractivity contribution in [2.75, 3.05) is 10.7 Å². The molecule has 1 heterocycles. The highest BCUT2D eigenvalue weighted by atomic mass is 16.1. The van der Waals surface area contributed by atoms with Gasteiger partial charge in [0, 0.05) is 11.9 Å². The molecule has 0 unspecified atom stereocenters. The lowest BCUT2D eigenvalue weighted by Crippen LogP contribution is -2.19. The second-order valence-corrected chi connectivity index (χ2v) is 5.15. The lowest BCUT2D eigenvalue weighted by atomic mass is 9.90. The van der Waals surface area contributed by atoms with E-state index in [-0.39, 0.29) is 5.91 Å². The zero-order valence-corrected chi connectivity index (χ0v) is 11.7. The van der Waals surface area contributed by atoms with Crippen LogP contribution in [0.3, 0.4) is 0 Å². The fraction of sp³-hybridized carbons (Fsp3) is 0.250. The molecule has 1 aromatic carbocycles. The molecule has 108 valence electrons. The molecule has 1 aliphatic rings. The normalized spacial score (nSPS) is 13.4. The molecule has 0 saturated heterocycles. The Morgan fingerprint density at radius 1 is 1.14 bits per heavy atom. The minimum absolute atomic E-state index is 0.199. The second-order valence-electron chi connectivity index (χ2n) is 5.15. The van der Waals surface area contributed by atoms with E-state index in [1.54, 1.807) is 18.3 Å². The fourth-order valence-electron chi connectivity index (χ4n) is 2.79. The van der Waals surface area contributed by atoms with Crippen molar-refractivity contribution in [3.05, 3.63) is 53.2 Å². The van der Waals surface area contributed by atoms with E-state index in [4.69, 9.17) is 5.84 Å². The highest BCUT2D eigenvalue weighted by molar-refractivity contribution is 6.07. The minimum atomic E-state index is -0.199. The van der Waals surface area contributed by atoms with Crippen LogP contribution in [0.5, 0.6) is 0 Å². The van der Waals surface area contributed by atoms with E-state index in [0.717, 1.165) is 18.5 Å². The molecule has 3 rings (SSSR count). The number of nitrogens with two attached hydrogens (primary N) is 1. The highest BCUT2D eigenvalue weighted by Crippen LogP contribution is 2.28. The number of anilines is 2. The number of nitrogens with zero attached hydrogens (tertiary/aromatic N) is 1. The molecule has 0 saturated carbocycles. The SMILES string of the molecule is NNc1ncccc1C(=O)Nc1cccc2c1CCCC2. The van der Waals surface area contributed by atoms with Crippen LogP contribution in [-0.4, -0.2) is 10.9 Å². The fourth-order valence-corrected chi connectivity index (χ4v) is 2.79. The Balaban J connectivity index is 1.88. The number of pyridine rings is 1. The third-order valence-corrected chi connectivity index (χ3v) is 3.83. The number of fused-ring (bicyclic) bond motifs is 1. The first kappa shape index (κ1) is 13.6. The van der Waals surface area contributed by atoms with Gasteiger partial charge in [0.2, 0.25) is 0 Å². The van der Waals surface area contributed by atoms with Crippen LogP contribution >= 0.6 is 0 Å². The summed E-state index contributed by atoms with van der Waals surface area (Å²) in [6.45, 7) is 0. The van der Waals surface area contributed by atoms with Crippen LogP contribution < -0.4 is 16.6 Å². The summed E-state index contributed by atoms with van der Waals surface area (Å²) in [6, 6.07) is 9.50. The van der Waals surface area contributed by atoms with E-state index < -0.39 is 0 Å². The summed E-state index contributed by atoms with van der Waals surface area (Å²) in [5.41, 5.74) is 6.37. The van der Waals surface area contributed by atoms with Gasteiger partial charge in [0.1, 0.15) is 0 Å². The molecule has 0 aliphatic heterocycles. The first-order valence-corrected chi connectivity index (χ1v) is 7.13. The molecule has 0 bridgehead atoms. The maximum Gasteiger partial charge on any atom is 0.259 e. The standard InChI is InChI=1S/C16H18N4O/c17-20-15-13(8-4-10-18-15)16(21)19-14-9-3-6-11-5-1-2-7-12(11)14/h3-4,6,8-10H,1-2,5,7,17H2,(H,18,20)(H,19,21). The molecule has 0 atom stereocenters. The Morgan fingerprint density at radius 2 is 2.00 bits per heavy atom. The van der Waals surface area contributed by atoms with Gasteiger partial charge >= 0.3 is 0 Å². The van der Waals surface area contributed by atoms with Gasteiger partial charge in [-0.3, -0.25) is 4.79 Å². The lowest BCUT2D eigenvalue weighted by molar-refractivity contribution is 0.102. The summed E-state index contributed by atoms with van der Waals surface area (Å²) in [6.07, 6.45) is 6.08. The topological polar surface area (TPSA) is 80.0 Å². The van der Waals surface area contributed by atoms with Crippen LogP contribution in [-0.2, 0) is 12.8 Å². The highest BCUT2D eigenvalue weighted by Gasteiger charge is 2.16. The molecule has 1 amide bonds. The van der Waals surface area contributed by atoms with Crippen molar-refractivity contribution >= 4 is 17.4 Å². The molecule has 1 aromatic heterocycles. The Hall–Kier alpha value is -2.40. The maximum absolute atomic E-state index is 12.4. The molecular weight excluding hydrogens is 264 g/mol. The summed E-state index contributed by atoms with van der Waals surface area (Å²) in [7, 11) is 0. The van der Waals surface area contributed by atoms with Crippen molar-refractivity contribution in [1.29, 1.82) is 0 Å². The molecule has 5 heteroatoms. The summed E-state index contributed by atoms with van der Waals surface area (Å²) >= 11 is 0. The number of aromatic nitrogens is 1. The summed E-state index contributed by atoms with van der Waals surface area (Å²) in [5.74, 6) is 5.58. The van der Waals surface area contributed by atoms with Gasteiger partial charge in [0.15, 0.2) is 5.82 Å². The predicted molar refractivity (Wildman–Crippen MR) is 83.1 cm³/mol. The van der Waals surface area contributed by atoms with Gasteiger partial charge in [-0.1, -0.05) is 12.1 Å². The smallest absolute Gasteiger partial charge is 0.259 e. The number of benzene rings is 1. The predicted octanol–water partition coefficient (Wildman–Crippen LogP) is 2.50. The van der Waals surface area contributed by atoms with Crippen LogP contribution in [0, 0.1) is 0 Å². The van der Waals surface area contributed by atoms with Crippen molar-refractivity contribution in [2.45, 2.75) is 25.7 Å². The van der Waals surface area contributed by atoms with Gasteiger partial charge in [0.05, 0.1) is 5.56 Å². The zero-order chi connectivity index (χ0) is 14.7. The number of nitrogens with one attached hydrogen (secondary N) is 2. The zero-order valence-electron chi connectivity index (χ0n) is 11.7. The van der Waals surface area contributed by atoms with Crippen molar-refractivity contribution in [3.63, 3.8) is 0 Å². The van der Waals surface area contributed by atoms with Gasteiger partial charge in [-0.05, 0) is 55.0 Å². The van der Waals surface area contributed by atoms with Gasteiger partial charge in [0.25, 0.3) is 5.91 Å². The first-order chi connectivity index (χ1) is 10.3. The van der Waals surface area contributed by atoms with Crippen LogP contribution in [0.4, 0.5) is 11.5 Å². The number of carbonyl (C=O) groups is 1. The third-order valence-electron chi connectivity index (χ3n) is 3.83. The van der Waals surface area contributed by atoms with E-state index in [2.05, 4.69) is 21.8 Å². The van der Waals surface area contributed by atoms with Crippen LogP contribution in [0.15, 0.2) is 36.5 Å². The minimum Gasteiger partial charge on any atom is -0.322 e. The number of carbonyl (C=O) groups excluding carboxylic acids is 1. The van der Waals surface area contributed by atoms with Crippen molar-refractivity contribution in [3.8, 4) is 0 Å². The van der Waals surface area contributed by atoms with E-state index >= 15 is 0 Å². The average molecular weight is 282 g/mol. The quantitative estimate of drug-likeness (QED) is 0.597. The second kappa shape index (κ2) is 5.93. The molecule has 0 fully saturated rings. The Labute approximate surface area is 123 Å². The van der Waals surface area contributed by atoms with Gasteiger partial charge < -0.3 is 10.7 Å². The number of aryl methyl sites for hydroxylation is 1. The number of hydrogen-bond donors (Lipinski definition) is 3. The van der Waals surface area contributed by atoms with Crippen LogP contribution in [0.2, 0.25) is 0 Å². The Bertz CT molecular complexity index is 669. The number of rotatable bonds is 3. The monoisotopic (exact) mass is 282 g/mol. The molecule has 0 radical (unpaired) electrons. The molecule has 0 spiro atoms. The van der Waals surface area contributed by atoms with Crippen molar-refractivity contribution in [1.82, 2.24) is 4.98 Å². The third kappa shape index (κ3) is 2.73. The van der Waals surface area contributed by atoms with E-state index in [1.807, 2.05) is 12.1 Å². The number of amides is 1. The van der Waals surface area contributed by atoms with E-state index in [9.17, 15) is 4.79 Å². The molecule has 5 nitrogen and oxygen atoms in total. The summed E-state index contributed by atoms with van der Waals surface area (Å²) in [4.78, 5) is 16.5. The molecule has 4 N–H and O–H groups in total. The van der Waals surface area contributed by atoms with E-state index in [1.165, 1.54) is 24.0 Å².